The highest BCUT2D eigenvalue weighted by Crippen LogP contribution is 2.26. The average molecular weight is 362 g/mol. The molecule has 1 aromatic heterocycles. The van der Waals surface area contributed by atoms with Gasteiger partial charge in [0.05, 0.1) is 16.8 Å². The van der Waals surface area contributed by atoms with Crippen LogP contribution in [0.3, 0.4) is 0 Å². The molecule has 0 spiro atoms. The molecule has 0 unspecified atom stereocenters. The number of carbonyl (C=O) groups excluding carboxylic acids is 2. The van der Waals surface area contributed by atoms with Crippen LogP contribution in [-0.4, -0.2) is 42.0 Å². The molecule has 27 heavy (non-hydrogen) atoms. The highest BCUT2D eigenvalue weighted by atomic mass is 16.5. The zero-order valence-corrected chi connectivity index (χ0v) is 15.9. The summed E-state index contributed by atoms with van der Waals surface area (Å²) in [5.41, 5.74) is 3.85. The van der Waals surface area contributed by atoms with Crippen molar-refractivity contribution in [2.45, 2.75) is 20.0 Å². The first-order chi connectivity index (χ1) is 12.9. The largest absolute Gasteiger partial charge is 0.449 e. The SMILES string of the molecule is Cc1ccc(-c2cc(C(=O)O[C@@H](C)C(=O)N(C)C)c3ccccc3n2)cc1. The van der Waals surface area contributed by atoms with Gasteiger partial charge in [-0.3, -0.25) is 4.79 Å². The highest BCUT2D eigenvalue weighted by Gasteiger charge is 2.22. The van der Waals surface area contributed by atoms with E-state index < -0.39 is 12.1 Å². The number of fused-ring (bicyclic) bond motifs is 1. The predicted molar refractivity (Wildman–Crippen MR) is 105 cm³/mol. The van der Waals surface area contributed by atoms with Crippen LogP contribution in [0.4, 0.5) is 0 Å². The lowest BCUT2D eigenvalue weighted by Gasteiger charge is -2.18. The van der Waals surface area contributed by atoms with Crippen molar-refractivity contribution < 1.29 is 14.3 Å². The topological polar surface area (TPSA) is 59.5 Å². The summed E-state index contributed by atoms with van der Waals surface area (Å²) >= 11 is 0. The Kier molecular flexibility index (Phi) is 5.21. The van der Waals surface area contributed by atoms with Crippen LogP contribution in [0.2, 0.25) is 0 Å². The molecule has 0 saturated carbocycles. The molecule has 3 rings (SSSR count). The van der Waals surface area contributed by atoms with Gasteiger partial charge in [-0.05, 0) is 26.0 Å². The van der Waals surface area contributed by atoms with Crippen LogP contribution in [-0.2, 0) is 9.53 Å². The Morgan fingerprint density at radius 2 is 1.70 bits per heavy atom. The van der Waals surface area contributed by atoms with E-state index in [-0.39, 0.29) is 5.91 Å². The number of benzene rings is 2. The second-order valence-corrected chi connectivity index (χ2v) is 6.72. The van der Waals surface area contributed by atoms with Crippen molar-refractivity contribution >= 4 is 22.8 Å². The summed E-state index contributed by atoms with van der Waals surface area (Å²) < 4.78 is 5.42. The third-order valence-corrected chi connectivity index (χ3v) is 4.36. The number of hydrogen-bond donors (Lipinski definition) is 0. The van der Waals surface area contributed by atoms with Crippen molar-refractivity contribution in [1.82, 2.24) is 9.88 Å². The number of nitrogens with zero attached hydrogens (tertiary/aromatic N) is 2. The van der Waals surface area contributed by atoms with Crippen molar-refractivity contribution in [2.24, 2.45) is 0 Å². The van der Waals surface area contributed by atoms with E-state index in [4.69, 9.17) is 4.74 Å². The summed E-state index contributed by atoms with van der Waals surface area (Å²) in [6.45, 7) is 3.59. The number of aryl methyl sites for hydroxylation is 1. The Balaban J connectivity index is 2.04. The Labute approximate surface area is 158 Å². The number of pyridine rings is 1. The summed E-state index contributed by atoms with van der Waals surface area (Å²) in [6, 6.07) is 17.1. The molecule has 5 heteroatoms. The fraction of sp³-hybridized carbons (Fsp3) is 0.227. The molecule has 0 saturated heterocycles. The third-order valence-electron chi connectivity index (χ3n) is 4.36. The van der Waals surface area contributed by atoms with E-state index in [1.807, 2.05) is 55.5 Å². The van der Waals surface area contributed by atoms with Crippen LogP contribution in [0.1, 0.15) is 22.8 Å². The minimum Gasteiger partial charge on any atom is -0.449 e. The zero-order valence-electron chi connectivity index (χ0n) is 15.9. The minimum absolute atomic E-state index is 0.263. The maximum atomic E-state index is 12.8. The number of ether oxygens (including phenoxy) is 1. The van der Waals surface area contributed by atoms with Gasteiger partial charge in [0.25, 0.3) is 5.91 Å². The van der Waals surface area contributed by atoms with Gasteiger partial charge < -0.3 is 9.64 Å². The van der Waals surface area contributed by atoms with Gasteiger partial charge in [-0.25, -0.2) is 9.78 Å². The number of esters is 1. The lowest BCUT2D eigenvalue weighted by atomic mass is 10.0. The van der Waals surface area contributed by atoms with Gasteiger partial charge in [0.2, 0.25) is 0 Å². The van der Waals surface area contributed by atoms with E-state index in [1.54, 1.807) is 27.1 Å². The first-order valence-corrected chi connectivity index (χ1v) is 8.76. The van der Waals surface area contributed by atoms with Crippen LogP contribution in [0.25, 0.3) is 22.2 Å². The van der Waals surface area contributed by atoms with E-state index >= 15 is 0 Å². The Morgan fingerprint density at radius 3 is 2.37 bits per heavy atom. The molecular weight excluding hydrogens is 340 g/mol. The molecule has 0 aliphatic carbocycles. The van der Waals surface area contributed by atoms with Gasteiger partial charge in [0.1, 0.15) is 0 Å². The number of aromatic nitrogens is 1. The highest BCUT2D eigenvalue weighted by molar-refractivity contribution is 6.05. The first kappa shape index (κ1) is 18.6. The molecule has 1 atom stereocenters. The molecule has 0 N–H and O–H groups in total. The van der Waals surface area contributed by atoms with E-state index in [0.717, 1.165) is 11.1 Å². The average Bonchev–Trinajstić information content (AvgIpc) is 2.66. The van der Waals surface area contributed by atoms with Gasteiger partial charge in [-0.1, -0.05) is 48.0 Å². The van der Waals surface area contributed by atoms with Crippen LogP contribution < -0.4 is 0 Å². The van der Waals surface area contributed by atoms with Crippen LogP contribution in [0.15, 0.2) is 54.6 Å². The number of amides is 1. The van der Waals surface area contributed by atoms with E-state index in [9.17, 15) is 9.59 Å². The summed E-state index contributed by atoms with van der Waals surface area (Å²) in [5.74, 6) is -0.801. The summed E-state index contributed by atoms with van der Waals surface area (Å²) in [5, 5.41) is 0.697. The molecule has 1 amide bonds. The monoisotopic (exact) mass is 362 g/mol. The van der Waals surface area contributed by atoms with Gasteiger partial charge in [0.15, 0.2) is 6.10 Å². The van der Waals surface area contributed by atoms with Crippen molar-refractivity contribution in [1.29, 1.82) is 0 Å². The Hall–Kier alpha value is -3.21. The van der Waals surface area contributed by atoms with Crippen molar-refractivity contribution in [3.63, 3.8) is 0 Å². The van der Waals surface area contributed by atoms with Gasteiger partial charge in [-0.2, -0.15) is 0 Å². The standard InChI is InChI=1S/C22H22N2O3/c1-14-9-11-16(12-10-14)20-13-18(17-7-5-6-8-19(17)23-20)22(26)27-15(2)21(25)24(3)4/h5-13,15H,1-4H3/t15-/m0/s1. The van der Waals surface area contributed by atoms with Crippen LogP contribution >= 0.6 is 0 Å². The quantitative estimate of drug-likeness (QED) is 0.662. The fourth-order valence-corrected chi connectivity index (χ4v) is 2.85. The van der Waals surface area contributed by atoms with Gasteiger partial charge >= 0.3 is 5.97 Å². The number of hydrogen-bond acceptors (Lipinski definition) is 4. The minimum atomic E-state index is -0.859. The van der Waals surface area contributed by atoms with Crippen molar-refractivity contribution in [3.05, 3.63) is 65.7 Å². The number of likely N-dealkylation sites (N-methyl/N-ethyl adjacent to an activating group) is 1. The first-order valence-electron chi connectivity index (χ1n) is 8.76. The summed E-state index contributed by atoms with van der Waals surface area (Å²) in [4.78, 5) is 30.9. The molecule has 2 aromatic carbocycles. The Morgan fingerprint density at radius 1 is 1.04 bits per heavy atom. The molecule has 1 heterocycles. The van der Waals surface area contributed by atoms with Crippen LogP contribution in [0, 0.1) is 6.92 Å². The normalized spacial score (nSPS) is 11.9. The number of para-hydroxylation sites is 1. The maximum absolute atomic E-state index is 12.8. The second kappa shape index (κ2) is 7.58. The van der Waals surface area contributed by atoms with E-state index in [2.05, 4.69) is 4.98 Å². The van der Waals surface area contributed by atoms with E-state index in [1.165, 1.54) is 4.90 Å². The van der Waals surface area contributed by atoms with Crippen molar-refractivity contribution in [2.75, 3.05) is 14.1 Å². The predicted octanol–water partition coefficient (Wildman–Crippen LogP) is 3.84. The second-order valence-electron chi connectivity index (χ2n) is 6.72. The summed E-state index contributed by atoms with van der Waals surface area (Å²) in [7, 11) is 3.26. The molecule has 3 aromatic rings. The smallest absolute Gasteiger partial charge is 0.339 e. The third kappa shape index (κ3) is 3.97. The Bertz CT molecular complexity index is 994. The zero-order chi connectivity index (χ0) is 19.6. The molecular formula is C22H22N2O3. The lowest BCUT2D eigenvalue weighted by molar-refractivity contribution is -0.137. The van der Waals surface area contributed by atoms with Gasteiger partial charge in [0, 0.05) is 25.0 Å². The molecule has 0 fully saturated rings. The van der Waals surface area contributed by atoms with Gasteiger partial charge in [-0.15, -0.1) is 0 Å². The number of carbonyl (C=O) groups is 2. The molecule has 5 nitrogen and oxygen atoms in total. The lowest BCUT2D eigenvalue weighted by Crippen LogP contribution is -2.34. The number of rotatable bonds is 4. The molecule has 0 bridgehead atoms. The van der Waals surface area contributed by atoms with Crippen LogP contribution in [0.5, 0.6) is 0 Å². The molecule has 0 radical (unpaired) electrons. The fourth-order valence-electron chi connectivity index (χ4n) is 2.85. The summed E-state index contributed by atoms with van der Waals surface area (Å²) in [6.07, 6.45) is -0.859. The van der Waals surface area contributed by atoms with Crippen molar-refractivity contribution in [3.8, 4) is 11.3 Å². The van der Waals surface area contributed by atoms with E-state index in [0.29, 0.717) is 22.2 Å². The molecule has 0 aliphatic heterocycles. The maximum Gasteiger partial charge on any atom is 0.339 e. The molecule has 0 aliphatic rings. The molecule has 138 valence electrons.